The van der Waals surface area contributed by atoms with Crippen molar-refractivity contribution < 1.29 is 9.47 Å². The van der Waals surface area contributed by atoms with E-state index in [-0.39, 0.29) is 0 Å². The molecule has 0 saturated carbocycles. The quantitative estimate of drug-likeness (QED) is 0.639. The molecule has 2 heterocycles. The lowest BCUT2D eigenvalue weighted by Crippen LogP contribution is -2.44. The molecule has 0 saturated heterocycles. The predicted molar refractivity (Wildman–Crippen MR) is 117 cm³/mol. The van der Waals surface area contributed by atoms with Crippen molar-refractivity contribution in [3.05, 3.63) is 60.2 Å². The average molecular weight is 370 g/mol. The van der Waals surface area contributed by atoms with Crippen LogP contribution in [0.25, 0.3) is 0 Å². The molecule has 2 aliphatic rings. The van der Waals surface area contributed by atoms with Crippen LogP contribution in [0.5, 0.6) is 17.2 Å². The number of hydrogen-bond acceptors (Lipinski definition) is 4. The number of nitrogens with zero attached hydrogens (tertiary/aromatic N) is 2. The van der Waals surface area contributed by atoms with Crippen molar-refractivity contribution in [2.45, 2.75) is 13.7 Å². The Hall–Kier alpha value is -3.08. The summed E-state index contributed by atoms with van der Waals surface area (Å²) in [6.45, 7) is 5.44. The van der Waals surface area contributed by atoms with Gasteiger partial charge in [-0.1, -0.05) is 31.1 Å². The summed E-state index contributed by atoms with van der Waals surface area (Å²) in [5, 5.41) is 0. The average Bonchev–Trinajstić information content (AvgIpc) is 3.05. The van der Waals surface area contributed by atoms with Crippen LogP contribution in [-0.2, 0) is 0 Å². The van der Waals surface area contributed by atoms with Crippen LogP contribution in [0, 0.1) is 6.92 Å². The molecular weight excluding hydrogens is 347 g/mol. The molecule has 28 heavy (non-hydrogen) atoms. The van der Waals surface area contributed by atoms with Crippen molar-refractivity contribution in [2.24, 2.45) is 0 Å². The van der Waals surface area contributed by atoms with Gasteiger partial charge in [0, 0.05) is 18.8 Å². The molecule has 5 heteroatoms. The number of para-hydroxylation sites is 1. The van der Waals surface area contributed by atoms with Crippen molar-refractivity contribution in [1.82, 2.24) is 0 Å². The maximum atomic E-state index is 6.42. The number of rotatable bonds is 2. The van der Waals surface area contributed by atoms with Gasteiger partial charge in [-0.2, -0.15) is 0 Å². The predicted octanol–water partition coefficient (Wildman–Crippen LogP) is 3.89. The summed E-state index contributed by atoms with van der Waals surface area (Å²) in [6, 6.07) is 19.1. The van der Waals surface area contributed by atoms with Crippen LogP contribution < -0.4 is 30.2 Å². The lowest BCUT2D eigenvalue weighted by molar-refractivity contribution is 0.414. The van der Waals surface area contributed by atoms with Crippen LogP contribution in [0.4, 0.5) is 17.1 Å². The Bertz CT molecular complexity index is 1080. The third kappa shape index (κ3) is 2.46. The summed E-state index contributed by atoms with van der Waals surface area (Å²) in [6.07, 6.45) is 0. The Morgan fingerprint density at radius 3 is 2.68 bits per heavy atom. The van der Waals surface area contributed by atoms with Gasteiger partial charge in [0.15, 0.2) is 0 Å². The van der Waals surface area contributed by atoms with Gasteiger partial charge in [-0.25, -0.2) is 0 Å². The van der Waals surface area contributed by atoms with Gasteiger partial charge in [0.2, 0.25) is 6.71 Å². The highest BCUT2D eigenvalue weighted by Crippen LogP contribution is 2.47. The van der Waals surface area contributed by atoms with Gasteiger partial charge >= 0.3 is 0 Å². The van der Waals surface area contributed by atoms with Gasteiger partial charge in [-0.05, 0) is 47.7 Å². The van der Waals surface area contributed by atoms with Gasteiger partial charge in [0.05, 0.1) is 19.5 Å². The molecule has 0 fully saturated rings. The largest absolute Gasteiger partial charge is 0.497 e. The zero-order chi connectivity index (χ0) is 19.4. The van der Waals surface area contributed by atoms with Gasteiger partial charge in [0.1, 0.15) is 22.9 Å². The standard InChI is InChI=1S/C23H23BN2O2/c1-15-11-16(13-17(12-15)27-4)26-14-25(3)22-20(26)10-9-19-23(22)28-21-8-6-5-7-18(21)24(19)2/h5-13H,14H2,1-4H3. The molecule has 140 valence electrons. The van der Waals surface area contributed by atoms with E-state index < -0.39 is 0 Å². The fraction of sp³-hybridized carbons (Fsp3) is 0.217. The molecule has 4 nitrogen and oxygen atoms in total. The summed E-state index contributed by atoms with van der Waals surface area (Å²) in [5.41, 5.74) is 7.12. The van der Waals surface area contributed by atoms with Crippen molar-refractivity contribution in [1.29, 1.82) is 0 Å². The number of fused-ring (bicyclic) bond motifs is 4. The Morgan fingerprint density at radius 1 is 1.04 bits per heavy atom. The number of methoxy groups -OCH3 is 1. The molecular formula is C23H23BN2O2. The summed E-state index contributed by atoms with van der Waals surface area (Å²) in [5.74, 6) is 2.82. The van der Waals surface area contributed by atoms with Crippen LogP contribution in [0.15, 0.2) is 54.6 Å². The molecule has 0 aliphatic carbocycles. The Kier molecular flexibility index (Phi) is 3.79. The first-order valence-corrected chi connectivity index (χ1v) is 9.65. The minimum Gasteiger partial charge on any atom is -0.497 e. The maximum Gasteiger partial charge on any atom is 0.216 e. The van der Waals surface area contributed by atoms with E-state index in [1.807, 2.05) is 6.07 Å². The van der Waals surface area contributed by atoms with Gasteiger partial charge in [-0.3, -0.25) is 0 Å². The van der Waals surface area contributed by atoms with Gasteiger partial charge in [0.25, 0.3) is 0 Å². The van der Waals surface area contributed by atoms with E-state index in [9.17, 15) is 0 Å². The van der Waals surface area contributed by atoms with Crippen LogP contribution in [0.1, 0.15) is 5.56 Å². The highest BCUT2D eigenvalue weighted by molar-refractivity contribution is 6.86. The number of aryl methyl sites for hydroxylation is 1. The van der Waals surface area contributed by atoms with Crippen LogP contribution in [-0.4, -0.2) is 27.5 Å². The SMILES string of the molecule is COc1cc(C)cc(N2CN(C)c3c2ccc2c3Oc3ccccc3B2C)c1. The first-order valence-electron chi connectivity index (χ1n) is 9.65. The molecule has 3 aromatic carbocycles. The summed E-state index contributed by atoms with van der Waals surface area (Å²) < 4.78 is 11.9. The Labute approximate surface area is 166 Å². The van der Waals surface area contributed by atoms with E-state index >= 15 is 0 Å². The zero-order valence-corrected chi connectivity index (χ0v) is 16.7. The Morgan fingerprint density at radius 2 is 1.86 bits per heavy atom. The molecule has 0 amide bonds. The molecule has 2 aliphatic heterocycles. The molecule has 0 radical (unpaired) electrons. The summed E-state index contributed by atoms with van der Waals surface area (Å²) in [4.78, 5) is 4.59. The number of benzene rings is 3. The molecule has 0 N–H and O–H groups in total. The van der Waals surface area contributed by atoms with Crippen LogP contribution >= 0.6 is 0 Å². The van der Waals surface area contributed by atoms with E-state index in [1.54, 1.807) is 7.11 Å². The van der Waals surface area contributed by atoms with Crippen LogP contribution in [0.2, 0.25) is 6.82 Å². The van der Waals surface area contributed by atoms with E-state index in [4.69, 9.17) is 9.47 Å². The first kappa shape index (κ1) is 17.1. The highest BCUT2D eigenvalue weighted by Gasteiger charge is 2.35. The smallest absolute Gasteiger partial charge is 0.216 e. The highest BCUT2D eigenvalue weighted by atomic mass is 16.5. The summed E-state index contributed by atoms with van der Waals surface area (Å²) >= 11 is 0. The van der Waals surface area contributed by atoms with Crippen molar-refractivity contribution in [3.8, 4) is 17.2 Å². The second-order valence-corrected chi connectivity index (χ2v) is 7.69. The zero-order valence-electron chi connectivity index (χ0n) is 16.7. The molecule has 0 atom stereocenters. The minimum absolute atomic E-state index is 0.312. The molecule has 0 bridgehead atoms. The molecule has 3 aromatic rings. The Balaban J connectivity index is 1.64. The van der Waals surface area contributed by atoms with E-state index in [2.05, 4.69) is 79.1 Å². The molecule has 0 spiro atoms. The fourth-order valence-electron chi connectivity index (χ4n) is 4.40. The second-order valence-electron chi connectivity index (χ2n) is 7.69. The molecule has 0 unspecified atom stereocenters. The van der Waals surface area contributed by atoms with Gasteiger partial charge in [-0.15, -0.1) is 0 Å². The third-order valence-electron chi connectivity index (χ3n) is 5.81. The number of anilines is 3. The van der Waals surface area contributed by atoms with Gasteiger partial charge < -0.3 is 19.3 Å². The topological polar surface area (TPSA) is 24.9 Å². The maximum absolute atomic E-state index is 6.42. The molecule has 5 rings (SSSR count). The number of ether oxygens (including phenoxy) is 2. The fourth-order valence-corrected chi connectivity index (χ4v) is 4.40. The van der Waals surface area contributed by atoms with E-state index in [0.29, 0.717) is 6.71 Å². The second kappa shape index (κ2) is 6.23. The van der Waals surface area contributed by atoms with Crippen molar-refractivity contribution in [2.75, 3.05) is 30.6 Å². The van der Waals surface area contributed by atoms with Crippen LogP contribution in [0.3, 0.4) is 0 Å². The normalized spacial score (nSPS) is 14.4. The third-order valence-corrected chi connectivity index (χ3v) is 5.81. The van der Waals surface area contributed by atoms with Crippen molar-refractivity contribution >= 4 is 34.7 Å². The van der Waals surface area contributed by atoms with E-state index in [1.165, 1.54) is 22.2 Å². The first-order chi connectivity index (χ1) is 13.6. The van der Waals surface area contributed by atoms with Crippen molar-refractivity contribution in [3.63, 3.8) is 0 Å². The lowest BCUT2D eigenvalue weighted by atomic mass is 9.41. The summed E-state index contributed by atoms with van der Waals surface area (Å²) in [7, 11) is 3.84. The molecule has 0 aromatic heterocycles. The minimum atomic E-state index is 0.312. The number of hydrogen-bond donors (Lipinski definition) is 0. The van der Waals surface area contributed by atoms with E-state index in [0.717, 1.165) is 35.3 Å². The monoisotopic (exact) mass is 370 g/mol. The lowest BCUT2D eigenvalue weighted by Gasteiger charge is -2.27.